The number of carbonyl (C=O) groups excluding carboxylic acids is 1. The third-order valence-electron chi connectivity index (χ3n) is 7.60. The lowest BCUT2D eigenvalue weighted by atomic mass is 9.96. The van der Waals surface area contributed by atoms with Gasteiger partial charge in [0.25, 0.3) is 0 Å². The first-order valence-corrected chi connectivity index (χ1v) is 13.9. The van der Waals surface area contributed by atoms with Gasteiger partial charge in [0.15, 0.2) is 5.11 Å². The van der Waals surface area contributed by atoms with Gasteiger partial charge in [0.05, 0.1) is 23.3 Å². The highest BCUT2D eigenvalue weighted by Gasteiger charge is 2.41. The molecule has 2 aromatic carbocycles. The molecule has 210 valence electrons. The Balaban J connectivity index is 1.50. The van der Waals surface area contributed by atoms with Crippen molar-refractivity contribution >= 4 is 34.9 Å². The summed E-state index contributed by atoms with van der Waals surface area (Å²) >= 11 is 5.82. The number of aromatic carboxylic acids is 1. The number of pyridine rings is 1. The molecule has 2 atom stereocenters. The second-order valence-corrected chi connectivity index (χ2v) is 10.8. The van der Waals surface area contributed by atoms with Crippen LogP contribution in [-0.4, -0.2) is 43.1 Å². The summed E-state index contributed by atoms with van der Waals surface area (Å²) in [5.74, 6) is -1.06. The number of amides is 1. The van der Waals surface area contributed by atoms with Crippen LogP contribution in [0.2, 0.25) is 0 Å². The molecule has 0 saturated carbocycles. The van der Waals surface area contributed by atoms with Crippen LogP contribution in [0.5, 0.6) is 0 Å². The van der Waals surface area contributed by atoms with Crippen LogP contribution in [0, 0.1) is 27.7 Å². The average molecular weight is 568 g/mol. The summed E-state index contributed by atoms with van der Waals surface area (Å²) in [4.78, 5) is 31.4. The SMILES string of the molecule is Cc1ccc(NC(=O)CCN2C(=S)N[C@H](c3ccccn3)[C@@H]2c2cc(C)n(-c3cc(C(=O)O)ccc3C)c2C)cc1. The van der Waals surface area contributed by atoms with E-state index >= 15 is 0 Å². The summed E-state index contributed by atoms with van der Waals surface area (Å²) in [5, 5.41) is 16.6. The maximum absolute atomic E-state index is 12.9. The Kier molecular flexibility index (Phi) is 7.90. The highest BCUT2D eigenvalue weighted by molar-refractivity contribution is 7.80. The lowest BCUT2D eigenvalue weighted by Gasteiger charge is -2.28. The minimum Gasteiger partial charge on any atom is -0.478 e. The topological polar surface area (TPSA) is 99.5 Å². The van der Waals surface area contributed by atoms with Crippen LogP contribution < -0.4 is 10.6 Å². The molecule has 1 aliphatic rings. The van der Waals surface area contributed by atoms with Crippen molar-refractivity contribution in [2.45, 2.75) is 46.2 Å². The van der Waals surface area contributed by atoms with Crippen LogP contribution in [0.25, 0.3) is 5.69 Å². The standard InChI is InChI=1S/C32H33N5O3S/c1-19-8-12-24(13-9-19)34-28(38)14-16-36-30(29(35-32(36)41)26-7-5-6-15-33-26)25-17-21(3)37(22(25)4)27-18-23(31(39)40)11-10-20(27)2/h5-13,15,17-18,29-30H,14,16H2,1-4H3,(H,34,38)(H,35,41)(H,39,40)/t29-,30+/m1/s1. The second-order valence-electron chi connectivity index (χ2n) is 10.5. The first-order chi connectivity index (χ1) is 19.6. The molecule has 3 heterocycles. The molecule has 0 radical (unpaired) electrons. The summed E-state index contributed by atoms with van der Waals surface area (Å²) in [6, 6.07) is 20.3. The van der Waals surface area contributed by atoms with Crippen molar-refractivity contribution in [3.8, 4) is 5.69 Å². The van der Waals surface area contributed by atoms with Crippen molar-refractivity contribution in [1.29, 1.82) is 0 Å². The molecule has 1 saturated heterocycles. The van der Waals surface area contributed by atoms with Crippen molar-refractivity contribution in [3.05, 3.63) is 112 Å². The van der Waals surface area contributed by atoms with Crippen LogP contribution in [0.3, 0.4) is 0 Å². The van der Waals surface area contributed by atoms with E-state index in [9.17, 15) is 14.7 Å². The van der Waals surface area contributed by atoms with Crippen LogP contribution in [-0.2, 0) is 4.79 Å². The van der Waals surface area contributed by atoms with E-state index < -0.39 is 5.97 Å². The molecule has 8 nitrogen and oxygen atoms in total. The number of carbonyl (C=O) groups is 2. The Morgan fingerprint density at radius 1 is 1.02 bits per heavy atom. The number of benzene rings is 2. The Labute approximate surface area is 245 Å². The average Bonchev–Trinajstić information content (AvgIpc) is 3.43. The molecule has 3 N–H and O–H groups in total. The largest absolute Gasteiger partial charge is 0.478 e. The molecule has 1 amide bonds. The highest BCUT2D eigenvalue weighted by atomic mass is 32.1. The molecule has 2 aromatic heterocycles. The third-order valence-corrected chi connectivity index (χ3v) is 7.95. The van der Waals surface area contributed by atoms with Crippen LogP contribution >= 0.6 is 12.2 Å². The molecular formula is C32H33N5O3S. The molecule has 0 spiro atoms. The number of nitrogens with one attached hydrogen (secondary N) is 2. The maximum Gasteiger partial charge on any atom is 0.335 e. The van der Waals surface area contributed by atoms with Gasteiger partial charge in [-0.1, -0.05) is 29.8 Å². The van der Waals surface area contributed by atoms with E-state index in [1.807, 2.05) is 76.2 Å². The van der Waals surface area contributed by atoms with Gasteiger partial charge in [-0.3, -0.25) is 9.78 Å². The molecule has 5 rings (SSSR count). The van der Waals surface area contributed by atoms with Gasteiger partial charge in [0.1, 0.15) is 0 Å². The number of carboxylic acid groups (broad SMARTS) is 1. The third kappa shape index (κ3) is 5.71. The van der Waals surface area contributed by atoms with E-state index in [1.54, 1.807) is 18.3 Å². The van der Waals surface area contributed by atoms with Gasteiger partial charge in [-0.15, -0.1) is 0 Å². The van der Waals surface area contributed by atoms with Crippen molar-refractivity contribution in [3.63, 3.8) is 0 Å². The van der Waals surface area contributed by atoms with Crippen molar-refractivity contribution in [2.75, 3.05) is 11.9 Å². The van der Waals surface area contributed by atoms with Gasteiger partial charge < -0.3 is 25.2 Å². The number of thiocarbonyl (C=S) groups is 1. The molecular weight excluding hydrogens is 534 g/mol. The van der Waals surface area contributed by atoms with Crippen LogP contribution in [0.1, 0.15) is 62.6 Å². The summed E-state index contributed by atoms with van der Waals surface area (Å²) in [6.07, 6.45) is 2.01. The van der Waals surface area contributed by atoms with Crippen molar-refractivity contribution < 1.29 is 14.7 Å². The number of aromatic nitrogens is 2. The van der Waals surface area contributed by atoms with E-state index in [2.05, 4.69) is 31.2 Å². The van der Waals surface area contributed by atoms with E-state index in [4.69, 9.17) is 12.2 Å². The van der Waals surface area contributed by atoms with E-state index in [0.29, 0.717) is 11.7 Å². The lowest BCUT2D eigenvalue weighted by Crippen LogP contribution is -2.32. The van der Waals surface area contributed by atoms with Gasteiger partial charge in [-0.2, -0.15) is 0 Å². The zero-order valence-corrected chi connectivity index (χ0v) is 24.3. The second kappa shape index (κ2) is 11.5. The van der Waals surface area contributed by atoms with Crippen LogP contribution in [0.15, 0.2) is 72.9 Å². The molecule has 0 bridgehead atoms. The number of hydrogen-bond donors (Lipinski definition) is 3. The summed E-state index contributed by atoms with van der Waals surface area (Å²) < 4.78 is 2.09. The molecule has 9 heteroatoms. The molecule has 1 fully saturated rings. The minimum atomic E-state index is -0.968. The molecule has 41 heavy (non-hydrogen) atoms. The lowest BCUT2D eigenvalue weighted by molar-refractivity contribution is -0.116. The monoisotopic (exact) mass is 567 g/mol. The predicted octanol–water partition coefficient (Wildman–Crippen LogP) is 5.81. The van der Waals surface area contributed by atoms with Gasteiger partial charge in [0, 0.05) is 41.9 Å². The van der Waals surface area contributed by atoms with Gasteiger partial charge in [0.2, 0.25) is 5.91 Å². The highest BCUT2D eigenvalue weighted by Crippen LogP contribution is 2.41. The van der Waals surface area contributed by atoms with Gasteiger partial charge in [-0.25, -0.2) is 4.79 Å². The Morgan fingerprint density at radius 3 is 2.46 bits per heavy atom. The number of rotatable bonds is 8. The first kappa shape index (κ1) is 28.0. The summed E-state index contributed by atoms with van der Waals surface area (Å²) in [7, 11) is 0. The molecule has 1 aliphatic heterocycles. The fraction of sp³-hybridized carbons (Fsp3) is 0.250. The Bertz CT molecular complexity index is 1610. The van der Waals surface area contributed by atoms with Crippen molar-refractivity contribution in [2.24, 2.45) is 0 Å². The molecule has 4 aromatic rings. The Hall–Kier alpha value is -4.50. The van der Waals surface area contributed by atoms with Crippen LogP contribution in [0.4, 0.5) is 5.69 Å². The summed E-state index contributed by atoms with van der Waals surface area (Å²) in [5.41, 5.74) is 7.72. The smallest absolute Gasteiger partial charge is 0.335 e. The zero-order valence-electron chi connectivity index (χ0n) is 23.5. The number of nitrogens with zero attached hydrogens (tertiary/aromatic N) is 3. The molecule has 0 aliphatic carbocycles. The maximum atomic E-state index is 12.9. The number of aryl methyl sites for hydroxylation is 3. The summed E-state index contributed by atoms with van der Waals surface area (Å²) in [6.45, 7) is 8.44. The van der Waals surface area contributed by atoms with E-state index in [1.165, 1.54) is 0 Å². The molecule has 0 unspecified atom stereocenters. The normalized spacial score (nSPS) is 16.5. The predicted molar refractivity (Wildman–Crippen MR) is 164 cm³/mol. The van der Waals surface area contributed by atoms with Crippen molar-refractivity contribution in [1.82, 2.24) is 19.8 Å². The fourth-order valence-electron chi connectivity index (χ4n) is 5.51. The first-order valence-electron chi connectivity index (χ1n) is 13.5. The fourth-order valence-corrected chi connectivity index (χ4v) is 5.84. The van der Waals surface area contributed by atoms with Gasteiger partial charge >= 0.3 is 5.97 Å². The number of hydrogen-bond acceptors (Lipinski definition) is 4. The quantitative estimate of drug-likeness (QED) is 0.231. The van der Waals surface area contributed by atoms with E-state index in [-0.39, 0.29) is 30.0 Å². The minimum absolute atomic E-state index is 0.0942. The number of carboxylic acids is 1. The zero-order chi connectivity index (χ0) is 29.3. The van der Waals surface area contributed by atoms with E-state index in [0.717, 1.165) is 45.1 Å². The Morgan fingerprint density at radius 2 is 1.78 bits per heavy atom. The van der Waals surface area contributed by atoms with Gasteiger partial charge in [-0.05, 0) is 93.5 Å². The number of anilines is 1.